The molecule has 0 bridgehead atoms. The number of piperidine rings is 1. The summed E-state index contributed by atoms with van der Waals surface area (Å²) in [5, 5.41) is 12.1. The van der Waals surface area contributed by atoms with E-state index in [2.05, 4.69) is 30.7 Å². The molecule has 1 aromatic rings. The highest BCUT2D eigenvalue weighted by Crippen LogP contribution is 2.30. The highest BCUT2D eigenvalue weighted by molar-refractivity contribution is 5.74. The van der Waals surface area contributed by atoms with Gasteiger partial charge in [-0.25, -0.2) is 14.7 Å². The van der Waals surface area contributed by atoms with Crippen molar-refractivity contribution in [2.45, 2.75) is 63.5 Å². The molecule has 0 radical (unpaired) electrons. The molecule has 2 fully saturated rings. The molecule has 0 aromatic carbocycles. The number of aromatic nitrogens is 3. The number of carbonyl (C=O) groups is 1. The number of carbonyl (C=O) groups excluding carboxylic acids is 1. The highest BCUT2D eigenvalue weighted by Gasteiger charge is 2.35. The van der Waals surface area contributed by atoms with E-state index in [1.54, 1.807) is 0 Å². The summed E-state index contributed by atoms with van der Waals surface area (Å²) < 4.78 is 0. The van der Waals surface area contributed by atoms with Crippen molar-refractivity contribution in [1.29, 1.82) is 0 Å². The summed E-state index contributed by atoms with van der Waals surface area (Å²) in [7, 11) is 0. The normalized spacial score (nSPS) is 21.3. The number of hydrogen-bond donors (Lipinski definition) is 4. The van der Waals surface area contributed by atoms with Gasteiger partial charge in [0.2, 0.25) is 0 Å². The lowest BCUT2D eigenvalue weighted by atomic mass is 9.81. The summed E-state index contributed by atoms with van der Waals surface area (Å²) >= 11 is 0. The number of likely N-dealkylation sites (tertiary alicyclic amines) is 1. The van der Waals surface area contributed by atoms with Crippen molar-refractivity contribution >= 4 is 6.03 Å². The number of nitrogens with one attached hydrogen (secondary N) is 4. The molecule has 1 saturated heterocycles. The van der Waals surface area contributed by atoms with Gasteiger partial charge in [-0.1, -0.05) is 25.7 Å². The van der Waals surface area contributed by atoms with Crippen LogP contribution in [0.4, 0.5) is 4.79 Å². The molecule has 8 nitrogen and oxygen atoms in total. The molecule has 2 aliphatic rings. The van der Waals surface area contributed by atoms with Crippen LogP contribution in [0.1, 0.15) is 57.2 Å². The average Bonchev–Trinajstić information content (AvgIpc) is 3.00. The summed E-state index contributed by atoms with van der Waals surface area (Å²) in [5.74, 6) is 0.434. The Morgan fingerprint density at radius 1 is 1.12 bits per heavy atom. The molecule has 1 aliphatic carbocycles. The Morgan fingerprint density at radius 3 is 2.50 bits per heavy atom. The first-order valence-electron chi connectivity index (χ1n) is 9.07. The highest BCUT2D eigenvalue weighted by atomic mass is 16.2. The van der Waals surface area contributed by atoms with Crippen molar-refractivity contribution < 1.29 is 4.79 Å². The van der Waals surface area contributed by atoms with E-state index in [1.165, 1.54) is 38.5 Å². The van der Waals surface area contributed by atoms with Crippen LogP contribution >= 0.6 is 0 Å². The number of urea groups is 1. The van der Waals surface area contributed by atoms with Crippen molar-refractivity contribution in [2.24, 2.45) is 0 Å². The molecule has 0 spiro atoms. The quantitative estimate of drug-likeness (QED) is 0.646. The van der Waals surface area contributed by atoms with Crippen LogP contribution in [0.15, 0.2) is 4.79 Å². The van der Waals surface area contributed by atoms with Crippen molar-refractivity contribution in [3.8, 4) is 0 Å². The number of hydrogen-bond acceptors (Lipinski definition) is 4. The minimum Gasteiger partial charge on any atom is -0.331 e. The fourth-order valence-electron chi connectivity index (χ4n) is 3.93. The Hall–Kier alpha value is -1.83. The van der Waals surface area contributed by atoms with E-state index < -0.39 is 0 Å². The molecule has 0 atom stereocenters. The molecule has 1 aromatic heterocycles. The largest absolute Gasteiger partial charge is 0.340 e. The molecule has 2 heterocycles. The molecule has 2 amide bonds. The van der Waals surface area contributed by atoms with E-state index in [-0.39, 0.29) is 23.8 Å². The topological polar surface area (TPSA) is 106 Å². The molecule has 8 heteroatoms. The summed E-state index contributed by atoms with van der Waals surface area (Å²) in [6.07, 6.45) is 9.50. The molecule has 24 heavy (non-hydrogen) atoms. The maximum Gasteiger partial charge on any atom is 0.340 e. The van der Waals surface area contributed by atoms with Crippen LogP contribution in [-0.2, 0) is 6.54 Å². The van der Waals surface area contributed by atoms with Crippen LogP contribution < -0.4 is 16.3 Å². The van der Waals surface area contributed by atoms with Crippen molar-refractivity contribution in [3.05, 3.63) is 16.3 Å². The maximum atomic E-state index is 12.4. The Bertz CT molecular complexity index is 583. The molecular formula is C16H28N6O2. The van der Waals surface area contributed by atoms with E-state index in [4.69, 9.17) is 0 Å². The number of nitrogens with zero attached hydrogens (tertiary/aromatic N) is 2. The monoisotopic (exact) mass is 336 g/mol. The van der Waals surface area contributed by atoms with Gasteiger partial charge < -0.3 is 15.5 Å². The van der Waals surface area contributed by atoms with E-state index in [9.17, 15) is 9.59 Å². The van der Waals surface area contributed by atoms with Gasteiger partial charge in [0.15, 0.2) is 0 Å². The lowest BCUT2D eigenvalue weighted by Crippen LogP contribution is -2.59. The molecule has 1 aliphatic heterocycles. The molecule has 3 rings (SSSR count). The summed E-state index contributed by atoms with van der Waals surface area (Å²) in [6, 6.07) is -0.183. The first-order chi connectivity index (χ1) is 11.7. The van der Waals surface area contributed by atoms with Crippen LogP contribution in [-0.4, -0.2) is 51.3 Å². The van der Waals surface area contributed by atoms with Crippen LogP contribution in [0.5, 0.6) is 0 Å². The lowest BCUT2D eigenvalue weighted by Gasteiger charge is -2.42. The van der Waals surface area contributed by atoms with E-state index >= 15 is 0 Å². The Labute approximate surface area is 141 Å². The fraction of sp³-hybridized carbons (Fsp3) is 0.812. The summed E-state index contributed by atoms with van der Waals surface area (Å²) in [4.78, 5) is 28.4. The number of aromatic amines is 2. The average molecular weight is 336 g/mol. The van der Waals surface area contributed by atoms with Gasteiger partial charge in [0, 0.05) is 6.54 Å². The third-order valence-corrected chi connectivity index (χ3v) is 5.13. The van der Waals surface area contributed by atoms with Gasteiger partial charge in [-0.15, -0.1) is 0 Å². The second kappa shape index (κ2) is 7.83. The van der Waals surface area contributed by atoms with Crippen LogP contribution in [0.25, 0.3) is 0 Å². The Kier molecular flexibility index (Phi) is 5.55. The number of amides is 2. The molecule has 1 saturated carbocycles. The maximum absolute atomic E-state index is 12.4. The minimum absolute atomic E-state index is 0.126. The summed E-state index contributed by atoms with van der Waals surface area (Å²) in [5.41, 5.74) is -0.486. The lowest BCUT2D eigenvalue weighted by molar-refractivity contribution is 0.127. The van der Waals surface area contributed by atoms with Crippen LogP contribution in [0.2, 0.25) is 0 Å². The molecule has 4 N–H and O–H groups in total. The summed E-state index contributed by atoms with van der Waals surface area (Å²) in [6.45, 7) is 3.43. The van der Waals surface area contributed by atoms with Crippen molar-refractivity contribution in [3.63, 3.8) is 0 Å². The first kappa shape index (κ1) is 17.0. The number of rotatable bonds is 5. The van der Waals surface area contributed by atoms with Gasteiger partial charge in [0.1, 0.15) is 5.82 Å². The van der Waals surface area contributed by atoms with E-state index in [0.717, 1.165) is 32.5 Å². The van der Waals surface area contributed by atoms with Gasteiger partial charge in [0.25, 0.3) is 0 Å². The van der Waals surface area contributed by atoms with E-state index in [1.807, 2.05) is 0 Å². The van der Waals surface area contributed by atoms with Gasteiger partial charge in [-0.3, -0.25) is 4.98 Å². The fourth-order valence-corrected chi connectivity index (χ4v) is 3.93. The predicted molar refractivity (Wildman–Crippen MR) is 90.7 cm³/mol. The zero-order chi connectivity index (χ0) is 16.8. The smallest absolute Gasteiger partial charge is 0.331 e. The predicted octanol–water partition coefficient (Wildman–Crippen LogP) is 1.09. The standard InChI is InChI=1S/C16H28N6O2/c23-14(17-11-13-18-15(24)21-20-13)19-16(7-3-1-4-8-16)12-22-9-5-2-6-10-22/h1-12H2,(H2,17,19,23)(H2,18,20,21,24). The van der Waals surface area contributed by atoms with Gasteiger partial charge in [-0.05, 0) is 38.8 Å². The Morgan fingerprint density at radius 2 is 1.83 bits per heavy atom. The van der Waals surface area contributed by atoms with Crippen molar-refractivity contribution in [2.75, 3.05) is 19.6 Å². The van der Waals surface area contributed by atoms with Gasteiger partial charge in [-0.2, -0.15) is 5.10 Å². The zero-order valence-corrected chi connectivity index (χ0v) is 14.2. The van der Waals surface area contributed by atoms with Crippen LogP contribution in [0.3, 0.4) is 0 Å². The van der Waals surface area contributed by atoms with Crippen LogP contribution in [0, 0.1) is 0 Å². The first-order valence-corrected chi connectivity index (χ1v) is 9.07. The molecule has 0 unspecified atom stereocenters. The third kappa shape index (κ3) is 4.59. The second-order valence-electron chi connectivity index (χ2n) is 7.11. The molecule has 134 valence electrons. The second-order valence-corrected chi connectivity index (χ2v) is 7.11. The van der Waals surface area contributed by atoms with Gasteiger partial charge >= 0.3 is 11.7 Å². The molecular weight excluding hydrogens is 308 g/mol. The van der Waals surface area contributed by atoms with E-state index in [0.29, 0.717) is 5.82 Å². The van der Waals surface area contributed by atoms with Gasteiger partial charge in [0.05, 0.1) is 12.1 Å². The third-order valence-electron chi connectivity index (χ3n) is 5.13. The zero-order valence-electron chi connectivity index (χ0n) is 14.2. The van der Waals surface area contributed by atoms with Crippen molar-refractivity contribution in [1.82, 2.24) is 30.7 Å². The Balaban J connectivity index is 1.56. The SMILES string of the molecule is O=C(NCc1n[nH]c(=O)[nH]1)NC1(CN2CCCCC2)CCCCC1. The minimum atomic E-state index is -0.360. The number of H-pyrrole nitrogens is 2.